The molecule has 240 valence electrons. The molecule has 6 rings (SSSR count). The molecule has 51 heavy (non-hydrogen) atoms. The lowest BCUT2D eigenvalue weighted by Crippen LogP contribution is -2.00. The van der Waals surface area contributed by atoms with E-state index in [9.17, 15) is 22.0 Å². The van der Waals surface area contributed by atoms with Crippen molar-refractivity contribution in [3.63, 3.8) is 0 Å². The molecule has 0 saturated carbocycles. The number of benzene rings is 6. The predicted octanol–water partition coefficient (Wildman–Crippen LogP) is 9.38. The summed E-state index contributed by atoms with van der Waals surface area (Å²) >= 11 is 0. The minimum atomic E-state index is -0.423. The Hall–Kier alpha value is -7.23. The van der Waals surface area contributed by atoms with Crippen molar-refractivity contribution in [1.29, 1.82) is 0 Å². The Morgan fingerprint density at radius 2 is 0.451 bits per heavy atom. The maximum atomic E-state index is 13.7. The summed E-state index contributed by atoms with van der Waals surface area (Å²) in [6.07, 6.45) is 0. The molecular formula is C46H21F5. The molecule has 0 aliphatic carbocycles. The first-order valence-electron chi connectivity index (χ1n) is 15.4. The van der Waals surface area contributed by atoms with Gasteiger partial charge in [-0.15, -0.1) is 0 Å². The first-order valence-corrected chi connectivity index (χ1v) is 15.4. The van der Waals surface area contributed by atoms with Gasteiger partial charge >= 0.3 is 0 Å². The van der Waals surface area contributed by atoms with Gasteiger partial charge in [-0.1, -0.05) is 59.2 Å². The quantitative estimate of drug-likeness (QED) is 0.112. The molecule has 0 amide bonds. The fraction of sp³-hybridized carbons (Fsp3) is 0. The van der Waals surface area contributed by atoms with Gasteiger partial charge in [0.25, 0.3) is 0 Å². The normalized spacial score (nSPS) is 9.67. The van der Waals surface area contributed by atoms with Crippen LogP contribution in [-0.2, 0) is 0 Å². The van der Waals surface area contributed by atoms with Crippen LogP contribution in [0.15, 0.2) is 127 Å². The van der Waals surface area contributed by atoms with Gasteiger partial charge in [0.15, 0.2) is 0 Å². The van der Waals surface area contributed by atoms with Crippen LogP contribution in [-0.4, -0.2) is 0 Å². The maximum absolute atomic E-state index is 13.7. The van der Waals surface area contributed by atoms with Crippen LogP contribution in [0, 0.1) is 88.3 Å². The summed E-state index contributed by atoms with van der Waals surface area (Å²) in [6, 6.07) is 30.0. The third-order valence-corrected chi connectivity index (χ3v) is 7.23. The Balaban J connectivity index is 1.67. The van der Waals surface area contributed by atoms with Gasteiger partial charge in [-0.2, -0.15) is 0 Å². The van der Waals surface area contributed by atoms with E-state index in [1.54, 1.807) is 30.3 Å². The zero-order chi connectivity index (χ0) is 35.6. The number of rotatable bonds is 0. The lowest BCUT2D eigenvalue weighted by molar-refractivity contribution is 0.627. The van der Waals surface area contributed by atoms with Crippen molar-refractivity contribution in [3.8, 4) is 59.2 Å². The summed E-state index contributed by atoms with van der Waals surface area (Å²) in [4.78, 5) is 0. The summed E-state index contributed by atoms with van der Waals surface area (Å²) in [5.74, 6) is 28.9. The van der Waals surface area contributed by atoms with Crippen molar-refractivity contribution in [3.05, 3.63) is 212 Å². The van der Waals surface area contributed by atoms with Gasteiger partial charge in [0.1, 0.15) is 29.1 Å². The zero-order valence-corrected chi connectivity index (χ0v) is 26.5. The molecule has 0 saturated heterocycles. The van der Waals surface area contributed by atoms with Gasteiger partial charge < -0.3 is 0 Å². The van der Waals surface area contributed by atoms with Gasteiger partial charge in [0, 0.05) is 38.9 Å². The molecule has 6 aromatic carbocycles. The van der Waals surface area contributed by atoms with E-state index in [2.05, 4.69) is 59.2 Å². The smallest absolute Gasteiger partial charge is 0.123 e. The molecule has 0 spiro atoms. The molecular weight excluding hydrogens is 647 g/mol. The SMILES string of the molecule is Fc1ccc(C#Cc2cc(C#Cc3ccc(F)cc3)c(C#Cc3ccc(F)cc3)c(C#Cc3ccc(F)cc3)c2C#Cc2ccc(F)cc2)cc1. The van der Waals surface area contributed by atoms with E-state index in [0.717, 1.165) is 0 Å². The van der Waals surface area contributed by atoms with Crippen LogP contribution in [0.1, 0.15) is 55.6 Å². The Labute approximate surface area is 292 Å². The zero-order valence-electron chi connectivity index (χ0n) is 26.5. The van der Waals surface area contributed by atoms with Gasteiger partial charge in [0.2, 0.25) is 0 Å². The van der Waals surface area contributed by atoms with E-state index in [4.69, 9.17) is 0 Å². The molecule has 0 atom stereocenters. The summed E-state index contributed by atoms with van der Waals surface area (Å²) in [5, 5.41) is 0. The Morgan fingerprint density at radius 1 is 0.235 bits per heavy atom. The highest BCUT2D eigenvalue weighted by Gasteiger charge is 2.14. The molecule has 0 radical (unpaired) electrons. The molecule has 0 N–H and O–H groups in total. The Kier molecular flexibility index (Phi) is 10.4. The van der Waals surface area contributed by atoms with Crippen molar-refractivity contribution < 1.29 is 22.0 Å². The lowest BCUT2D eigenvalue weighted by atomic mass is 9.91. The molecule has 0 heterocycles. The molecule has 6 aromatic rings. The fourth-order valence-corrected chi connectivity index (χ4v) is 4.61. The van der Waals surface area contributed by atoms with Gasteiger partial charge in [-0.05, 0) is 127 Å². The number of hydrogen-bond donors (Lipinski definition) is 0. The topological polar surface area (TPSA) is 0 Å². The molecule has 0 bridgehead atoms. The van der Waals surface area contributed by atoms with E-state index in [-0.39, 0.29) is 0 Å². The molecule has 0 aliphatic heterocycles. The second-order valence-corrected chi connectivity index (χ2v) is 10.9. The summed E-state index contributed by atoms with van der Waals surface area (Å²) < 4.78 is 68.5. The Bertz CT molecular complexity index is 2390. The van der Waals surface area contributed by atoms with Crippen molar-refractivity contribution in [1.82, 2.24) is 0 Å². The minimum Gasteiger partial charge on any atom is -0.207 e. The molecule has 5 heteroatoms. The average Bonchev–Trinajstić information content (AvgIpc) is 3.14. The van der Waals surface area contributed by atoms with E-state index in [1.807, 2.05) is 0 Å². The van der Waals surface area contributed by atoms with Crippen molar-refractivity contribution in [2.75, 3.05) is 0 Å². The van der Waals surface area contributed by atoms with Crippen LogP contribution in [0.2, 0.25) is 0 Å². The van der Waals surface area contributed by atoms with Gasteiger partial charge in [-0.3, -0.25) is 0 Å². The molecule has 0 aliphatic rings. The number of hydrogen-bond acceptors (Lipinski definition) is 0. The van der Waals surface area contributed by atoms with Gasteiger partial charge in [0.05, 0.1) is 16.7 Å². The van der Waals surface area contributed by atoms with E-state index < -0.39 is 29.1 Å². The highest BCUT2D eigenvalue weighted by Crippen LogP contribution is 2.23. The second kappa shape index (κ2) is 15.8. The molecule has 0 aromatic heterocycles. The van der Waals surface area contributed by atoms with Crippen LogP contribution >= 0.6 is 0 Å². The summed E-state index contributed by atoms with van der Waals surface area (Å²) in [5.41, 5.74) is 4.53. The summed E-state index contributed by atoms with van der Waals surface area (Å²) in [7, 11) is 0. The molecule has 0 fully saturated rings. The Morgan fingerprint density at radius 3 is 0.706 bits per heavy atom. The maximum Gasteiger partial charge on any atom is 0.123 e. The van der Waals surface area contributed by atoms with Crippen LogP contribution < -0.4 is 0 Å². The minimum absolute atomic E-state index is 0.345. The second-order valence-electron chi connectivity index (χ2n) is 10.9. The van der Waals surface area contributed by atoms with Crippen LogP contribution in [0.5, 0.6) is 0 Å². The third kappa shape index (κ3) is 9.23. The van der Waals surface area contributed by atoms with Crippen LogP contribution in [0.3, 0.4) is 0 Å². The highest BCUT2D eigenvalue weighted by atomic mass is 19.1. The molecule has 0 nitrogen and oxygen atoms in total. The monoisotopic (exact) mass is 668 g/mol. The first kappa shape index (κ1) is 33.7. The van der Waals surface area contributed by atoms with Crippen molar-refractivity contribution >= 4 is 0 Å². The third-order valence-electron chi connectivity index (χ3n) is 7.23. The predicted molar refractivity (Wildman–Crippen MR) is 188 cm³/mol. The fourth-order valence-electron chi connectivity index (χ4n) is 4.61. The number of halogens is 5. The largest absolute Gasteiger partial charge is 0.207 e. The van der Waals surface area contributed by atoms with Gasteiger partial charge in [-0.25, -0.2) is 22.0 Å². The van der Waals surface area contributed by atoms with Crippen LogP contribution in [0.4, 0.5) is 22.0 Å². The van der Waals surface area contributed by atoms with E-state index in [0.29, 0.717) is 55.6 Å². The van der Waals surface area contributed by atoms with Crippen LogP contribution in [0.25, 0.3) is 0 Å². The van der Waals surface area contributed by atoms with E-state index in [1.165, 1.54) is 97.1 Å². The van der Waals surface area contributed by atoms with E-state index >= 15 is 0 Å². The van der Waals surface area contributed by atoms with Crippen molar-refractivity contribution in [2.24, 2.45) is 0 Å². The first-order chi connectivity index (χ1) is 24.8. The van der Waals surface area contributed by atoms with Crippen molar-refractivity contribution in [2.45, 2.75) is 0 Å². The average molecular weight is 669 g/mol. The standard InChI is InChI=1S/C46H21F5/c47-39-18-3-32(4-19-39)1-16-37-31-38(17-2-33-5-20-40(48)21-6-33)45(29-14-35-9-24-42(50)25-10-35)46(30-15-36-11-26-43(51)27-12-36)44(37)28-13-34-7-22-41(49)23-8-34/h3-12,18-27,31H. The lowest BCUT2D eigenvalue weighted by Gasteiger charge is -2.09. The molecule has 0 unspecified atom stereocenters. The highest BCUT2D eigenvalue weighted by molar-refractivity contribution is 5.72. The summed E-state index contributed by atoms with van der Waals surface area (Å²) in [6.45, 7) is 0.